The number of amides is 1. The van der Waals surface area contributed by atoms with Crippen molar-refractivity contribution >= 4 is 5.91 Å². The summed E-state index contributed by atoms with van der Waals surface area (Å²) in [6.07, 6.45) is 0.728. The van der Waals surface area contributed by atoms with Crippen LogP contribution in [0.15, 0.2) is 60.7 Å². The van der Waals surface area contributed by atoms with Crippen LogP contribution in [-0.2, 0) is 22.7 Å². The number of hydrogen-bond acceptors (Lipinski definition) is 3. The highest BCUT2D eigenvalue weighted by Gasteiger charge is 2.27. The van der Waals surface area contributed by atoms with Crippen LogP contribution in [0.25, 0.3) is 0 Å². The number of hydroxylamine groups is 2. The van der Waals surface area contributed by atoms with Crippen LogP contribution in [0.4, 0.5) is 0 Å². The van der Waals surface area contributed by atoms with Crippen LogP contribution in [0.3, 0.4) is 0 Å². The first kappa shape index (κ1) is 18.2. The summed E-state index contributed by atoms with van der Waals surface area (Å²) < 4.78 is 0. The molecule has 24 heavy (non-hydrogen) atoms. The Morgan fingerprint density at radius 2 is 1.42 bits per heavy atom. The molecule has 0 N–H and O–H groups in total. The van der Waals surface area contributed by atoms with E-state index >= 15 is 0 Å². The molecule has 0 spiro atoms. The van der Waals surface area contributed by atoms with E-state index in [4.69, 9.17) is 4.84 Å². The molecule has 0 heterocycles. The first-order valence-electron chi connectivity index (χ1n) is 8.29. The van der Waals surface area contributed by atoms with Gasteiger partial charge in [-0.15, -0.1) is 0 Å². The summed E-state index contributed by atoms with van der Waals surface area (Å²) in [5, 5.41) is 1.32. The fourth-order valence-electron chi connectivity index (χ4n) is 2.80. The van der Waals surface area contributed by atoms with Gasteiger partial charge in [-0.05, 0) is 17.5 Å². The molecule has 2 rings (SSSR count). The monoisotopic (exact) mass is 326 g/mol. The molecule has 0 aliphatic rings. The lowest BCUT2D eigenvalue weighted by Crippen LogP contribution is -2.46. The maximum atomic E-state index is 12.7. The SMILES string of the molecule is CC[C@@H](C(=O)N(C)OC)N(Cc1ccccc1)Cc1ccccc1. The molecule has 0 bridgehead atoms. The summed E-state index contributed by atoms with van der Waals surface area (Å²) in [7, 11) is 3.18. The molecule has 0 saturated heterocycles. The number of carbonyl (C=O) groups excluding carboxylic acids is 1. The zero-order valence-corrected chi connectivity index (χ0v) is 14.7. The molecule has 0 aromatic heterocycles. The minimum absolute atomic E-state index is 0.0214. The van der Waals surface area contributed by atoms with Crippen LogP contribution in [0.2, 0.25) is 0 Å². The van der Waals surface area contributed by atoms with Crippen LogP contribution < -0.4 is 0 Å². The summed E-state index contributed by atoms with van der Waals surface area (Å²) in [6.45, 7) is 3.48. The molecule has 4 heteroatoms. The van der Waals surface area contributed by atoms with Gasteiger partial charge < -0.3 is 0 Å². The van der Waals surface area contributed by atoms with E-state index < -0.39 is 0 Å². The predicted molar refractivity (Wildman–Crippen MR) is 96.0 cm³/mol. The first-order chi connectivity index (χ1) is 11.7. The maximum absolute atomic E-state index is 12.7. The highest BCUT2D eigenvalue weighted by atomic mass is 16.7. The third-order valence-corrected chi connectivity index (χ3v) is 4.15. The van der Waals surface area contributed by atoms with Gasteiger partial charge in [0.15, 0.2) is 0 Å². The van der Waals surface area contributed by atoms with E-state index in [0.29, 0.717) is 0 Å². The Balaban J connectivity index is 2.24. The Morgan fingerprint density at radius 1 is 0.958 bits per heavy atom. The number of benzene rings is 2. The molecule has 2 aromatic rings. The van der Waals surface area contributed by atoms with Gasteiger partial charge >= 0.3 is 0 Å². The fraction of sp³-hybridized carbons (Fsp3) is 0.350. The van der Waals surface area contributed by atoms with Crippen molar-refractivity contribution in [3.05, 3.63) is 71.8 Å². The third kappa shape index (κ3) is 4.91. The lowest BCUT2D eigenvalue weighted by molar-refractivity contribution is -0.175. The predicted octanol–water partition coefficient (Wildman–Crippen LogP) is 3.49. The zero-order chi connectivity index (χ0) is 17.4. The molecule has 0 aliphatic carbocycles. The van der Waals surface area contributed by atoms with Gasteiger partial charge in [-0.1, -0.05) is 67.6 Å². The molecule has 1 amide bonds. The third-order valence-electron chi connectivity index (χ3n) is 4.15. The van der Waals surface area contributed by atoms with Gasteiger partial charge in [-0.3, -0.25) is 14.5 Å². The van der Waals surface area contributed by atoms with Gasteiger partial charge in [0.1, 0.15) is 0 Å². The average molecular weight is 326 g/mol. The normalized spacial score (nSPS) is 12.2. The molecule has 1 atom stereocenters. The Bertz CT molecular complexity index is 575. The summed E-state index contributed by atoms with van der Waals surface area (Å²) >= 11 is 0. The van der Waals surface area contributed by atoms with Gasteiger partial charge in [0, 0.05) is 20.1 Å². The van der Waals surface area contributed by atoms with Gasteiger partial charge in [-0.2, -0.15) is 0 Å². The van der Waals surface area contributed by atoms with Crippen molar-refractivity contribution in [2.45, 2.75) is 32.5 Å². The second-order valence-corrected chi connectivity index (χ2v) is 5.82. The summed E-state index contributed by atoms with van der Waals surface area (Å²) in [6, 6.07) is 20.3. The Morgan fingerprint density at radius 3 is 1.79 bits per heavy atom. The molecule has 0 radical (unpaired) electrons. The minimum Gasteiger partial charge on any atom is -0.283 e. The Labute approximate surface area is 144 Å². The van der Waals surface area contributed by atoms with Gasteiger partial charge in [0.05, 0.1) is 13.2 Å². The second-order valence-electron chi connectivity index (χ2n) is 5.82. The molecule has 0 unspecified atom stereocenters. The summed E-state index contributed by atoms with van der Waals surface area (Å²) in [4.78, 5) is 20.0. The van der Waals surface area contributed by atoms with Crippen LogP contribution in [-0.4, -0.2) is 36.1 Å². The second kappa shape index (κ2) is 9.21. The standard InChI is InChI=1S/C20H26N2O2/c1-4-19(20(23)21(2)24-3)22(15-17-11-7-5-8-12-17)16-18-13-9-6-10-14-18/h5-14,19H,4,15-16H2,1-3H3/t19-/m0/s1. The molecule has 4 nitrogen and oxygen atoms in total. The molecular weight excluding hydrogens is 300 g/mol. The van der Waals surface area contributed by atoms with E-state index in [-0.39, 0.29) is 11.9 Å². The quantitative estimate of drug-likeness (QED) is 0.696. The molecule has 0 saturated carbocycles. The number of nitrogens with zero attached hydrogens (tertiary/aromatic N) is 2. The van der Waals surface area contributed by atoms with E-state index in [1.54, 1.807) is 7.05 Å². The Hall–Kier alpha value is -2.17. The highest BCUT2D eigenvalue weighted by molar-refractivity contribution is 5.80. The van der Waals surface area contributed by atoms with E-state index in [1.807, 2.05) is 43.3 Å². The van der Waals surface area contributed by atoms with Crippen molar-refractivity contribution < 1.29 is 9.63 Å². The van der Waals surface area contributed by atoms with Crippen LogP contribution in [0, 0.1) is 0 Å². The lowest BCUT2D eigenvalue weighted by atomic mass is 10.1. The summed E-state index contributed by atoms with van der Waals surface area (Å²) in [5.41, 5.74) is 2.39. The van der Waals surface area contributed by atoms with Crippen molar-refractivity contribution in [1.82, 2.24) is 9.96 Å². The van der Waals surface area contributed by atoms with Crippen molar-refractivity contribution in [2.75, 3.05) is 14.2 Å². The fourth-order valence-corrected chi connectivity index (χ4v) is 2.80. The van der Waals surface area contributed by atoms with Crippen LogP contribution in [0.1, 0.15) is 24.5 Å². The van der Waals surface area contributed by atoms with Gasteiger partial charge in [-0.25, -0.2) is 5.06 Å². The number of rotatable bonds is 8. The van der Waals surface area contributed by atoms with E-state index in [0.717, 1.165) is 19.5 Å². The molecule has 0 aliphatic heterocycles. The lowest BCUT2D eigenvalue weighted by Gasteiger charge is -2.32. The van der Waals surface area contributed by atoms with E-state index in [2.05, 4.69) is 29.2 Å². The van der Waals surface area contributed by atoms with E-state index in [9.17, 15) is 4.79 Å². The van der Waals surface area contributed by atoms with Crippen LogP contribution >= 0.6 is 0 Å². The molecule has 128 valence electrons. The Kier molecular flexibility index (Phi) is 6.97. The average Bonchev–Trinajstić information content (AvgIpc) is 2.63. The molecule has 0 fully saturated rings. The topological polar surface area (TPSA) is 32.8 Å². The highest BCUT2D eigenvalue weighted by Crippen LogP contribution is 2.17. The minimum atomic E-state index is -0.227. The van der Waals surface area contributed by atoms with Crippen LogP contribution in [0.5, 0.6) is 0 Å². The molecule has 2 aromatic carbocycles. The number of likely N-dealkylation sites (N-methyl/N-ethyl adjacent to an activating group) is 1. The van der Waals surface area contributed by atoms with Gasteiger partial charge in [0.25, 0.3) is 5.91 Å². The maximum Gasteiger partial charge on any atom is 0.263 e. The van der Waals surface area contributed by atoms with Crippen molar-refractivity contribution in [3.8, 4) is 0 Å². The zero-order valence-electron chi connectivity index (χ0n) is 14.7. The molecular formula is C20H26N2O2. The number of carbonyl (C=O) groups is 1. The van der Waals surface area contributed by atoms with Crippen molar-refractivity contribution in [2.24, 2.45) is 0 Å². The van der Waals surface area contributed by atoms with E-state index in [1.165, 1.54) is 23.3 Å². The van der Waals surface area contributed by atoms with Crippen molar-refractivity contribution in [3.63, 3.8) is 0 Å². The number of hydrogen-bond donors (Lipinski definition) is 0. The smallest absolute Gasteiger partial charge is 0.263 e. The first-order valence-corrected chi connectivity index (χ1v) is 8.29. The van der Waals surface area contributed by atoms with Crippen molar-refractivity contribution in [1.29, 1.82) is 0 Å². The largest absolute Gasteiger partial charge is 0.283 e. The van der Waals surface area contributed by atoms with Gasteiger partial charge in [0.2, 0.25) is 0 Å². The summed E-state index contributed by atoms with van der Waals surface area (Å²) in [5.74, 6) is -0.0214.